The van der Waals surface area contributed by atoms with Crippen molar-refractivity contribution in [3.63, 3.8) is 0 Å². The second-order valence-electron chi connectivity index (χ2n) is 6.27. The first-order valence-electron chi connectivity index (χ1n) is 8.07. The number of nitrogens with one attached hydrogen (secondary N) is 1. The highest BCUT2D eigenvalue weighted by Gasteiger charge is 2.37. The van der Waals surface area contributed by atoms with Gasteiger partial charge in [-0.1, -0.05) is 6.92 Å². The minimum absolute atomic E-state index is 0.0351. The molecule has 2 aliphatic heterocycles. The second-order valence-corrected chi connectivity index (χ2v) is 6.27. The summed E-state index contributed by atoms with van der Waals surface area (Å²) in [6, 6.07) is 0.427. The van der Waals surface area contributed by atoms with Crippen molar-refractivity contribution in [1.82, 2.24) is 15.1 Å². The third-order valence-corrected chi connectivity index (χ3v) is 4.66. The average molecular weight is 296 g/mol. The summed E-state index contributed by atoms with van der Waals surface area (Å²) in [5.74, 6) is -0.149. The number of nitrogens with zero attached hydrogens (tertiary/aromatic N) is 2. The minimum Gasteiger partial charge on any atom is -0.352 e. The Bertz CT molecular complexity index is 388. The number of rotatable bonds is 6. The maximum absolute atomic E-state index is 12.1. The van der Waals surface area contributed by atoms with Crippen molar-refractivity contribution >= 4 is 11.8 Å². The normalized spacial score (nSPS) is 28.1. The van der Waals surface area contributed by atoms with Gasteiger partial charge in [-0.25, -0.2) is 0 Å². The third-order valence-electron chi connectivity index (χ3n) is 4.66. The van der Waals surface area contributed by atoms with E-state index in [-0.39, 0.29) is 23.8 Å². The SMILES string of the molecule is CCN1CCCC1CN1CC(C(=O)N[C@@H](C)CN)CC1=O. The topological polar surface area (TPSA) is 78.7 Å². The summed E-state index contributed by atoms with van der Waals surface area (Å²) in [5, 5.41) is 2.87. The van der Waals surface area contributed by atoms with Crippen LogP contribution in [0.1, 0.15) is 33.1 Å². The van der Waals surface area contributed by atoms with E-state index in [0.29, 0.717) is 25.6 Å². The molecule has 21 heavy (non-hydrogen) atoms. The van der Waals surface area contributed by atoms with Crippen molar-refractivity contribution in [2.75, 3.05) is 32.7 Å². The summed E-state index contributed by atoms with van der Waals surface area (Å²) >= 11 is 0. The van der Waals surface area contributed by atoms with Gasteiger partial charge in [-0.15, -0.1) is 0 Å². The van der Waals surface area contributed by atoms with Gasteiger partial charge < -0.3 is 16.0 Å². The van der Waals surface area contributed by atoms with E-state index in [2.05, 4.69) is 17.1 Å². The van der Waals surface area contributed by atoms with Gasteiger partial charge in [0.15, 0.2) is 0 Å². The molecule has 3 N–H and O–H groups in total. The number of carbonyl (C=O) groups is 2. The Hall–Kier alpha value is -1.14. The van der Waals surface area contributed by atoms with Crippen LogP contribution in [-0.4, -0.2) is 66.4 Å². The molecular weight excluding hydrogens is 268 g/mol. The summed E-state index contributed by atoms with van der Waals surface area (Å²) in [6.45, 7) is 7.94. The number of carbonyl (C=O) groups excluding carboxylic acids is 2. The highest BCUT2D eigenvalue weighted by Crippen LogP contribution is 2.23. The molecule has 2 saturated heterocycles. The average Bonchev–Trinajstić information content (AvgIpc) is 3.06. The van der Waals surface area contributed by atoms with Gasteiger partial charge >= 0.3 is 0 Å². The van der Waals surface area contributed by atoms with Crippen LogP contribution >= 0.6 is 0 Å². The van der Waals surface area contributed by atoms with E-state index < -0.39 is 0 Å². The Morgan fingerprint density at radius 3 is 2.95 bits per heavy atom. The number of amides is 2. The van der Waals surface area contributed by atoms with Gasteiger partial charge in [0.1, 0.15) is 0 Å². The molecule has 2 fully saturated rings. The van der Waals surface area contributed by atoms with Crippen LogP contribution in [-0.2, 0) is 9.59 Å². The lowest BCUT2D eigenvalue weighted by Crippen LogP contribution is -2.43. The van der Waals surface area contributed by atoms with Gasteiger partial charge in [0.05, 0.1) is 5.92 Å². The van der Waals surface area contributed by atoms with E-state index in [0.717, 1.165) is 26.1 Å². The molecule has 2 aliphatic rings. The van der Waals surface area contributed by atoms with Crippen molar-refractivity contribution in [2.45, 2.75) is 45.2 Å². The lowest BCUT2D eigenvalue weighted by molar-refractivity contribution is -0.129. The van der Waals surface area contributed by atoms with Crippen LogP contribution in [0.4, 0.5) is 0 Å². The van der Waals surface area contributed by atoms with Crippen LogP contribution in [0.25, 0.3) is 0 Å². The van der Waals surface area contributed by atoms with E-state index in [1.165, 1.54) is 6.42 Å². The van der Waals surface area contributed by atoms with Crippen LogP contribution in [0, 0.1) is 5.92 Å². The summed E-state index contributed by atoms with van der Waals surface area (Å²) < 4.78 is 0. The molecule has 0 saturated carbocycles. The molecule has 3 atom stereocenters. The van der Waals surface area contributed by atoms with Crippen molar-refractivity contribution in [3.05, 3.63) is 0 Å². The van der Waals surface area contributed by atoms with E-state index in [4.69, 9.17) is 5.73 Å². The summed E-state index contributed by atoms with van der Waals surface area (Å²) in [4.78, 5) is 28.5. The first-order chi connectivity index (χ1) is 10.0. The monoisotopic (exact) mass is 296 g/mol. The molecule has 0 radical (unpaired) electrons. The van der Waals surface area contributed by atoms with Gasteiger partial charge in [-0.05, 0) is 32.9 Å². The maximum Gasteiger partial charge on any atom is 0.225 e. The zero-order valence-electron chi connectivity index (χ0n) is 13.2. The quantitative estimate of drug-likeness (QED) is 0.710. The van der Waals surface area contributed by atoms with Crippen LogP contribution in [0.3, 0.4) is 0 Å². The fourth-order valence-electron chi connectivity index (χ4n) is 3.32. The Morgan fingerprint density at radius 2 is 2.29 bits per heavy atom. The molecule has 0 aromatic carbocycles. The molecule has 2 amide bonds. The summed E-state index contributed by atoms with van der Waals surface area (Å²) in [6.07, 6.45) is 2.69. The molecule has 120 valence electrons. The molecule has 2 rings (SSSR count). The lowest BCUT2D eigenvalue weighted by atomic mass is 10.1. The number of likely N-dealkylation sites (N-methyl/N-ethyl adjacent to an activating group) is 1. The molecule has 0 aliphatic carbocycles. The van der Waals surface area contributed by atoms with Crippen molar-refractivity contribution in [3.8, 4) is 0 Å². The Labute approximate surface area is 127 Å². The van der Waals surface area contributed by atoms with Gasteiger partial charge in [0, 0.05) is 38.1 Å². The second kappa shape index (κ2) is 7.22. The Morgan fingerprint density at radius 1 is 1.52 bits per heavy atom. The molecule has 0 aromatic rings. The van der Waals surface area contributed by atoms with E-state index in [9.17, 15) is 9.59 Å². The van der Waals surface area contributed by atoms with Crippen LogP contribution in [0.2, 0.25) is 0 Å². The molecule has 0 bridgehead atoms. The van der Waals surface area contributed by atoms with Gasteiger partial charge in [0.2, 0.25) is 11.8 Å². The molecule has 6 heteroatoms. The highest BCUT2D eigenvalue weighted by atomic mass is 16.2. The zero-order valence-corrected chi connectivity index (χ0v) is 13.2. The van der Waals surface area contributed by atoms with Gasteiger partial charge in [0.25, 0.3) is 0 Å². The molecule has 0 aromatic heterocycles. The molecule has 6 nitrogen and oxygen atoms in total. The number of hydrogen-bond acceptors (Lipinski definition) is 4. The predicted molar refractivity (Wildman–Crippen MR) is 81.6 cm³/mol. The summed E-state index contributed by atoms with van der Waals surface area (Å²) in [5.41, 5.74) is 5.52. The predicted octanol–water partition coefficient (Wildman–Crippen LogP) is -0.217. The van der Waals surface area contributed by atoms with Crippen LogP contribution in [0.15, 0.2) is 0 Å². The van der Waals surface area contributed by atoms with E-state index in [1.54, 1.807) is 0 Å². The van der Waals surface area contributed by atoms with Gasteiger partial charge in [-0.2, -0.15) is 0 Å². The van der Waals surface area contributed by atoms with E-state index in [1.807, 2.05) is 11.8 Å². The Kier molecular flexibility index (Phi) is 5.58. The molecule has 2 heterocycles. The van der Waals surface area contributed by atoms with Crippen molar-refractivity contribution in [1.29, 1.82) is 0 Å². The molecular formula is C15H28N4O2. The number of nitrogens with two attached hydrogens (primary N) is 1. The van der Waals surface area contributed by atoms with Crippen LogP contribution in [0.5, 0.6) is 0 Å². The lowest BCUT2D eigenvalue weighted by Gasteiger charge is -2.27. The number of hydrogen-bond donors (Lipinski definition) is 2. The fraction of sp³-hybridized carbons (Fsp3) is 0.867. The highest BCUT2D eigenvalue weighted by molar-refractivity contribution is 5.89. The fourth-order valence-corrected chi connectivity index (χ4v) is 3.32. The largest absolute Gasteiger partial charge is 0.352 e. The first kappa shape index (κ1) is 16.2. The summed E-state index contributed by atoms with van der Waals surface area (Å²) in [7, 11) is 0. The number of likely N-dealkylation sites (tertiary alicyclic amines) is 2. The Balaban J connectivity index is 1.86. The van der Waals surface area contributed by atoms with Crippen molar-refractivity contribution < 1.29 is 9.59 Å². The van der Waals surface area contributed by atoms with Gasteiger partial charge in [-0.3, -0.25) is 14.5 Å². The molecule has 2 unspecified atom stereocenters. The van der Waals surface area contributed by atoms with Crippen LogP contribution < -0.4 is 11.1 Å². The van der Waals surface area contributed by atoms with E-state index >= 15 is 0 Å². The third kappa shape index (κ3) is 3.95. The molecule has 0 spiro atoms. The maximum atomic E-state index is 12.1. The standard InChI is InChI=1S/C15H28N4O2/c1-3-18-6-4-5-13(18)10-19-9-12(7-14(19)20)15(21)17-11(2)8-16/h11-13H,3-10,16H2,1-2H3,(H,17,21)/t11-,12?,13?/m0/s1. The zero-order chi connectivity index (χ0) is 15.4. The smallest absolute Gasteiger partial charge is 0.225 e. The first-order valence-corrected chi connectivity index (χ1v) is 8.07. The van der Waals surface area contributed by atoms with Crippen molar-refractivity contribution in [2.24, 2.45) is 11.7 Å². The minimum atomic E-state index is -0.219.